The number of pyridine rings is 1. The number of halogens is 3. The fraction of sp³-hybridized carbons (Fsp3) is 0.120. The summed E-state index contributed by atoms with van der Waals surface area (Å²) in [6, 6.07) is 15.6. The minimum atomic E-state index is -0.378. The van der Waals surface area contributed by atoms with Gasteiger partial charge < -0.3 is 10.6 Å². The molecule has 178 valence electrons. The van der Waals surface area contributed by atoms with E-state index in [0.29, 0.717) is 37.6 Å². The van der Waals surface area contributed by atoms with Gasteiger partial charge in [0.1, 0.15) is 0 Å². The SMILES string of the molecule is Cc1c(C(=O)NCCNC(=O)c2cccnc2)nn(-c2ccc(Cl)cc2Cl)c1-c1ccc(Cl)cc1. The highest BCUT2D eigenvalue weighted by molar-refractivity contribution is 6.35. The monoisotopic (exact) mass is 527 g/mol. The van der Waals surface area contributed by atoms with Crippen molar-refractivity contribution in [2.45, 2.75) is 6.92 Å². The molecule has 7 nitrogen and oxygen atoms in total. The zero-order valence-corrected chi connectivity index (χ0v) is 20.8. The number of aromatic nitrogens is 3. The third-order valence-electron chi connectivity index (χ3n) is 5.21. The first-order valence-corrected chi connectivity index (χ1v) is 11.8. The summed E-state index contributed by atoms with van der Waals surface area (Å²) in [5, 5.41) is 11.6. The quantitative estimate of drug-likeness (QED) is 0.316. The van der Waals surface area contributed by atoms with E-state index in [0.717, 1.165) is 5.56 Å². The number of amides is 2. The van der Waals surface area contributed by atoms with Gasteiger partial charge in [-0.2, -0.15) is 5.10 Å². The number of nitrogens with zero attached hydrogens (tertiary/aromatic N) is 3. The molecule has 4 aromatic rings. The van der Waals surface area contributed by atoms with E-state index >= 15 is 0 Å². The van der Waals surface area contributed by atoms with Crippen LogP contribution < -0.4 is 10.6 Å². The van der Waals surface area contributed by atoms with Crippen molar-refractivity contribution >= 4 is 46.6 Å². The van der Waals surface area contributed by atoms with Gasteiger partial charge in [0.05, 0.1) is 22.0 Å². The highest BCUT2D eigenvalue weighted by Crippen LogP contribution is 2.33. The van der Waals surface area contributed by atoms with Crippen LogP contribution in [-0.2, 0) is 0 Å². The van der Waals surface area contributed by atoms with E-state index in [9.17, 15) is 9.59 Å². The molecule has 0 unspecified atom stereocenters. The van der Waals surface area contributed by atoms with Crippen LogP contribution in [0, 0.1) is 6.92 Å². The van der Waals surface area contributed by atoms with Crippen molar-refractivity contribution in [2.75, 3.05) is 13.1 Å². The van der Waals surface area contributed by atoms with Gasteiger partial charge in [-0.05, 0) is 49.4 Å². The van der Waals surface area contributed by atoms with Crippen molar-refractivity contribution in [1.82, 2.24) is 25.4 Å². The van der Waals surface area contributed by atoms with Gasteiger partial charge in [-0.1, -0.05) is 46.9 Å². The lowest BCUT2D eigenvalue weighted by molar-refractivity contribution is 0.0924. The van der Waals surface area contributed by atoms with Gasteiger partial charge in [-0.15, -0.1) is 0 Å². The fourth-order valence-corrected chi connectivity index (χ4v) is 4.14. The molecule has 0 spiro atoms. The lowest BCUT2D eigenvalue weighted by Crippen LogP contribution is -2.35. The standard InChI is InChI=1S/C25H20Cl3N5O2/c1-15-22(25(35)31-12-11-30-24(34)17-3-2-10-29-14-17)32-33(21-9-8-19(27)13-20(21)28)23(15)16-4-6-18(26)7-5-16/h2-10,13-14H,11-12H2,1H3,(H,30,34)(H,31,35). The van der Waals surface area contributed by atoms with Gasteiger partial charge in [0.2, 0.25) is 0 Å². The highest BCUT2D eigenvalue weighted by Gasteiger charge is 2.23. The van der Waals surface area contributed by atoms with E-state index in [4.69, 9.17) is 34.8 Å². The van der Waals surface area contributed by atoms with Crippen LogP contribution in [0.15, 0.2) is 67.0 Å². The van der Waals surface area contributed by atoms with E-state index in [1.807, 2.05) is 19.1 Å². The van der Waals surface area contributed by atoms with Crippen molar-refractivity contribution in [3.8, 4) is 16.9 Å². The van der Waals surface area contributed by atoms with Crippen LogP contribution in [0.1, 0.15) is 26.4 Å². The topological polar surface area (TPSA) is 88.9 Å². The summed E-state index contributed by atoms with van der Waals surface area (Å²) < 4.78 is 1.62. The van der Waals surface area contributed by atoms with Crippen molar-refractivity contribution in [1.29, 1.82) is 0 Å². The molecular weight excluding hydrogens is 509 g/mol. The number of carbonyl (C=O) groups is 2. The van der Waals surface area contributed by atoms with Gasteiger partial charge in [0.25, 0.3) is 11.8 Å². The number of nitrogens with one attached hydrogen (secondary N) is 2. The minimum Gasteiger partial charge on any atom is -0.350 e. The Morgan fingerprint density at radius 2 is 1.60 bits per heavy atom. The van der Waals surface area contributed by atoms with Crippen LogP contribution in [0.2, 0.25) is 15.1 Å². The highest BCUT2D eigenvalue weighted by atomic mass is 35.5. The smallest absolute Gasteiger partial charge is 0.272 e. The van der Waals surface area contributed by atoms with Crippen LogP contribution in [0.4, 0.5) is 0 Å². The maximum atomic E-state index is 13.0. The third-order valence-corrected chi connectivity index (χ3v) is 6.00. The second-order valence-corrected chi connectivity index (χ2v) is 8.87. The van der Waals surface area contributed by atoms with Gasteiger partial charge in [-0.25, -0.2) is 4.68 Å². The van der Waals surface area contributed by atoms with E-state index in [2.05, 4.69) is 20.7 Å². The van der Waals surface area contributed by atoms with Gasteiger partial charge in [0, 0.05) is 46.7 Å². The second kappa shape index (κ2) is 10.9. The maximum Gasteiger partial charge on any atom is 0.272 e. The summed E-state index contributed by atoms with van der Waals surface area (Å²) in [6.45, 7) is 2.28. The molecule has 0 fully saturated rings. The summed E-state index contributed by atoms with van der Waals surface area (Å²) >= 11 is 18.6. The number of benzene rings is 2. The minimum absolute atomic E-state index is 0.217. The molecule has 0 aliphatic heterocycles. The molecule has 0 radical (unpaired) electrons. The number of hydrogen-bond donors (Lipinski definition) is 2. The molecule has 2 N–H and O–H groups in total. The van der Waals surface area contributed by atoms with Crippen molar-refractivity contribution < 1.29 is 9.59 Å². The Morgan fingerprint density at radius 3 is 2.26 bits per heavy atom. The van der Waals surface area contributed by atoms with Crippen LogP contribution in [0.5, 0.6) is 0 Å². The Labute approximate surface area is 217 Å². The molecule has 2 aromatic heterocycles. The van der Waals surface area contributed by atoms with Crippen LogP contribution in [-0.4, -0.2) is 39.7 Å². The summed E-state index contributed by atoms with van der Waals surface area (Å²) in [5.41, 5.74) is 3.43. The number of rotatable bonds is 7. The predicted octanol–water partition coefficient (Wildman–Crippen LogP) is 5.36. The fourth-order valence-electron chi connectivity index (χ4n) is 3.52. The zero-order chi connectivity index (χ0) is 24.9. The van der Waals surface area contributed by atoms with E-state index in [1.54, 1.807) is 53.3 Å². The van der Waals surface area contributed by atoms with E-state index in [1.165, 1.54) is 6.20 Å². The molecule has 0 aliphatic carbocycles. The Bertz CT molecular complexity index is 1370. The van der Waals surface area contributed by atoms with Gasteiger partial charge >= 0.3 is 0 Å². The van der Waals surface area contributed by atoms with Crippen molar-refractivity contribution in [3.63, 3.8) is 0 Å². The largest absolute Gasteiger partial charge is 0.350 e. The Balaban J connectivity index is 1.57. The van der Waals surface area contributed by atoms with Crippen molar-refractivity contribution in [3.05, 3.63) is 98.9 Å². The molecular formula is C25H20Cl3N5O2. The zero-order valence-electron chi connectivity index (χ0n) is 18.6. The first kappa shape index (κ1) is 24.7. The number of carbonyl (C=O) groups excluding carboxylic acids is 2. The van der Waals surface area contributed by atoms with Crippen LogP contribution in [0.3, 0.4) is 0 Å². The van der Waals surface area contributed by atoms with Crippen LogP contribution in [0.25, 0.3) is 16.9 Å². The summed E-state index contributed by atoms with van der Waals surface area (Å²) in [7, 11) is 0. The summed E-state index contributed by atoms with van der Waals surface area (Å²) in [4.78, 5) is 29.1. The molecule has 0 saturated heterocycles. The van der Waals surface area contributed by atoms with Crippen LogP contribution >= 0.6 is 34.8 Å². The Morgan fingerprint density at radius 1 is 0.914 bits per heavy atom. The van der Waals surface area contributed by atoms with Crippen molar-refractivity contribution in [2.24, 2.45) is 0 Å². The van der Waals surface area contributed by atoms with Gasteiger partial charge in [-0.3, -0.25) is 14.6 Å². The summed E-state index contributed by atoms with van der Waals surface area (Å²) in [6.07, 6.45) is 3.07. The Hall–Kier alpha value is -3.39. The molecule has 0 aliphatic rings. The lowest BCUT2D eigenvalue weighted by atomic mass is 10.1. The maximum absolute atomic E-state index is 13.0. The first-order chi connectivity index (χ1) is 16.8. The molecule has 2 amide bonds. The summed E-state index contributed by atoms with van der Waals surface area (Å²) in [5.74, 6) is -0.646. The molecule has 0 atom stereocenters. The molecule has 2 aromatic carbocycles. The first-order valence-electron chi connectivity index (χ1n) is 10.6. The second-order valence-electron chi connectivity index (χ2n) is 7.59. The van der Waals surface area contributed by atoms with E-state index in [-0.39, 0.29) is 30.6 Å². The molecule has 10 heteroatoms. The molecule has 35 heavy (non-hydrogen) atoms. The third kappa shape index (κ3) is 5.65. The predicted molar refractivity (Wildman–Crippen MR) is 138 cm³/mol. The molecule has 0 saturated carbocycles. The van der Waals surface area contributed by atoms with E-state index < -0.39 is 0 Å². The van der Waals surface area contributed by atoms with Gasteiger partial charge in [0.15, 0.2) is 5.69 Å². The molecule has 2 heterocycles. The molecule has 4 rings (SSSR count). The average molecular weight is 529 g/mol. The average Bonchev–Trinajstić information content (AvgIpc) is 3.19. The normalized spacial score (nSPS) is 10.7. The Kier molecular flexibility index (Phi) is 7.70. The molecule has 0 bridgehead atoms. The number of hydrogen-bond acceptors (Lipinski definition) is 4. The lowest BCUT2D eigenvalue weighted by Gasteiger charge is -2.11.